The van der Waals surface area contributed by atoms with Crippen molar-refractivity contribution in [3.05, 3.63) is 29.8 Å². The Balaban J connectivity index is 1.59. The number of anilines is 1. The monoisotopic (exact) mass is 365 g/mol. The third-order valence-corrected chi connectivity index (χ3v) is 6.55. The molecule has 6 nitrogen and oxygen atoms in total. The van der Waals surface area contributed by atoms with Crippen molar-refractivity contribution < 1.29 is 13.2 Å². The summed E-state index contributed by atoms with van der Waals surface area (Å²) in [7, 11) is -3.47. The van der Waals surface area contributed by atoms with Crippen LogP contribution in [0.5, 0.6) is 0 Å². The van der Waals surface area contributed by atoms with Crippen molar-refractivity contribution in [3.8, 4) is 0 Å². The third kappa shape index (κ3) is 5.03. The molecule has 1 saturated heterocycles. The van der Waals surface area contributed by atoms with Crippen LogP contribution in [-0.4, -0.2) is 31.7 Å². The average molecular weight is 365 g/mol. The van der Waals surface area contributed by atoms with Crippen LogP contribution in [0.1, 0.15) is 57.1 Å². The van der Waals surface area contributed by atoms with Crippen LogP contribution in [0.2, 0.25) is 0 Å². The second-order valence-electron chi connectivity index (χ2n) is 7.04. The topological polar surface area (TPSA) is 78.5 Å². The second-order valence-corrected chi connectivity index (χ2v) is 8.75. The zero-order chi connectivity index (χ0) is 17.9. The van der Waals surface area contributed by atoms with E-state index in [4.69, 9.17) is 0 Å². The van der Waals surface area contributed by atoms with Gasteiger partial charge in [0.05, 0.1) is 0 Å². The molecule has 1 saturated carbocycles. The third-order valence-electron chi connectivity index (χ3n) is 4.86. The molecule has 1 aliphatic carbocycles. The average Bonchev–Trinajstić information content (AvgIpc) is 3.41. The summed E-state index contributed by atoms with van der Waals surface area (Å²) in [5.41, 5.74) is 1.63. The second kappa shape index (κ2) is 7.85. The Hall–Kier alpha value is -1.44. The van der Waals surface area contributed by atoms with Gasteiger partial charge in [-0.15, -0.1) is 0 Å². The Kier molecular flexibility index (Phi) is 5.76. The minimum absolute atomic E-state index is 0.0719. The Morgan fingerprint density at radius 3 is 2.24 bits per heavy atom. The summed E-state index contributed by atoms with van der Waals surface area (Å²) in [6, 6.07) is 7.05. The lowest BCUT2D eigenvalue weighted by molar-refractivity contribution is -0.117. The molecule has 0 aromatic heterocycles. The van der Waals surface area contributed by atoms with E-state index < -0.39 is 10.2 Å². The van der Waals surface area contributed by atoms with Crippen LogP contribution >= 0.6 is 0 Å². The molecule has 2 N–H and O–H groups in total. The smallest absolute Gasteiger partial charge is 0.279 e. The molecule has 1 amide bonds. The highest BCUT2D eigenvalue weighted by molar-refractivity contribution is 7.87. The molecule has 138 valence electrons. The van der Waals surface area contributed by atoms with Gasteiger partial charge in [0.15, 0.2) is 0 Å². The molecule has 0 bridgehead atoms. The van der Waals surface area contributed by atoms with E-state index >= 15 is 0 Å². The van der Waals surface area contributed by atoms with E-state index in [1.54, 1.807) is 4.31 Å². The lowest BCUT2D eigenvalue weighted by Gasteiger charge is -2.23. The lowest BCUT2D eigenvalue weighted by atomic mass is 10.1. The van der Waals surface area contributed by atoms with Crippen molar-refractivity contribution in [2.75, 3.05) is 18.4 Å². The molecule has 2 aliphatic rings. The minimum atomic E-state index is -3.47. The van der Waals surface area contributed by atoms with E-state index in [0.717, 1.165) is 49.8 Å². The van der Waals surface area contributed by atoms with Gasteiger partial charge in [-0.25, -0.2) is 0 Å². The van der Waals surface area contributed by atoms with Gasteiger partial charge < -0.3 is 5.32 Å². The first kappa shape index (κ1) is 18.4. The first-order chi connectivity index (χ1) is 12.0. The van der Waals surface area contributed by atoms with Crippen LogP contribution < -0.4 is 10.0 Å². The van der Waals surface area contributed by atoms with Gasteiger partial charge in [0, 0.05) is 30.7 Å². The van der Waals surface area contributed by atoms with Crippen molar-refractivity contribution in [3.63, 3.8) is 0 Å². The summed E-state index contributed by atoms with van der Waals surface area (Å²) in [6.07, 6.45) is 5.97. The molecule has 1 atom stereocenters. The number of benzene rings is 1. The Labute approximate surface area is 150 Å². The number of hydrogen-bond acceptors (Lipinski definition) is 3. The highest BCUT2D eigenvalue weighted by Gasteiger charge is 2.29. The molecular weight excluding hydrogens is 338 g/mol. The predicted molar refractivity (Wildman–Crippen MR) is 98.3 cm³/mol. The summed E-state index contributed by atoms with van der Waals surface area (Å²) >= 11 is 0. The maximum absolute atomic E-state index is 12.6. The normalized spacial score (nSPS) is 20.7. The van der Waals surface area contributed by atoms with Gasteiger partial charge in [0.25, 0.3) is 10.2 Å². The molecular formula is C18H27N3O3S. The summed E-state index contributed by atoms with van der Waals surface area (Å²) in [4.78, 5) is 11.8. The zero-order valence-electron chi connectivity index (χ0n) is 14.7. The zero-order valence-corrected chi connectivity index (χ0v) is 15.5. The van der Waals surface area contributed by atoms with Crippen LogP contribution in [0.3, 0.4) is 0 Å². The lowest BCUT2D eigenvalue weighted by Crippen LogP contribution is -2.42. The molecule has 0 radical (unpaired) electrons. The number of amides is 1. The minimum Gasteiger partial charge on any atom is -0.326 e. The highest BCUT2D eigenvalue weighted by atomic mass is 32.2. The molecule has 7 heteroatoms. The number of hydrogen-bond donors (Lipinski definition) is 2. The fraction of sp³-hybridized carbons (Fsp3) is 0.611. The molecule has 1 aromatic carbocycles. The number of rotatable bonds is 6. The van der Waals surface area contributed by atoms with E-state index in [-0.39, 0.29) is 17.9 Å². The van der Waals surface area contributed by atoms with Gasteiger partial charge in [-0.2, -0.15) is 17.4 Å². The molecule has 1 aromatic rings. The number of nitrogens with zero attached hydrogens (tertiary/aromatic N) is 1. The first-order valence-electron chi connectivity index (χ1n) is 9.14. The van der Waals surface area contributed by atoms with Gasteiger partial charge in [-0.1, -0.05) is 25.0 Å². The number of nitrogens with one attached hydrogen (secondary N) is 2. The number of carbonyl (C=O) groups excluding carboxylic acids is 1. The summed E-state index contributed by atoms with van der Waals surface area (Å²) in [6.45, 7) is 3.02. The Morgan fingerprint density at radius 2 is 1.68 bits per heavy atom. The fourth-order valence-corrected chi connectivity index (χ4v) is 4.56. The standard InChI is InChI=1S/C18H27N3O3S/c1-14(20-25(23,24)21-12-4-2-3-5-13-21)15-8-10-17(11-9-15)19-18(22)16-6-7-16/h8-11,14,16,20H,2-7,12-13H2,1H3,(H,19,22). The van der Waals surface area contributed by atoms with Gasteiger partial charge in [0.2, 0.25) is 5.91 Å². The molecule has 25 heavy (non-hydrogen) atoms. The van der Waals surface area contributed by atoms with E-state index in [0.29, 0.717) is 13.1 Å². The molecule has 1 heterocycles. The molecule has 0 spiro atoms. The van der Waals surface area contributed by atoms with Gasteiger partial charge >= 0.3 is 0 Å². The van der Waals surface area contributed by atoms with Crippen molar-refractivity contribution in [2.24, 2.45) is 5.92 Å². The highest BCUT2D eigenvalue weighted by Crippen LogP contribution is 2.30. The van der Waals surface area contributed by atoms with E-state index in [9.17, 15) is 13.2 Å². The van der Waals surface area contributed by atoms with Crippen LogP contribution in [0, 0.1) is 5.92 Å². The number of carbonyl (C=O) groups is 1. The van der Waals surface area contributed by atoms with Crippen LogP contribution in [0.25, 0.3) is 0 Å². The van der Waals surface area contributed by atoms with E-state index in [2.05, 4.69) is 10.0 Å². The van der Waals surface area contributed by atoms with Crippen molar-refractivity contribution >= 4 is 21.8 Å². The van der Waals surface area contributed by atoms with Crippen LogP contribution in [-0.2, 0) is 15.0 Å². The van der Waals surface area contributed by atoms with Crippen molar-refractivity contribution in [1.29, 1.82) is 0 Å². The summed E-state index contributed by atoms with van der Waals surface area (Å²) < 4.78 is 29.5. The first-order valence-corrected chi connectivity index (χ1v) is 10.6. The Morgan fingerprint density at radius 1 is 1.08 bits per heavy atom. The van der Waals surface area contributed by atoms with E-state index in [1.807, 2.05) is 31.2 Å². The quantitative estimate of drug-likeness (QED) is 0.814. The van der Waals surface area contributed by atoms with Crippen molar-refractivity contribution in [2.45, 2.75) is 51.5 Å². The van der Waals surface area contributed by atoms with Crippen LogP contribution in [0.15, 0.2) is 24.3 Å². The van der Waals surface area contributed by atoms with E-state index in [1.165, 1.54) is 0 Å². The van der Waals surface area contributed by atoms with Gasteiger partial charge in [-0.3, -0.25) is 4.79 Å². The maximum Gasteiger partial charge on any atom is 0.279 e. The SMILES string of the molecule is CC(NS(=O)(=O)N1CCCCCC1)c1ccc(NC(=O)C2CC2)cc1. The Bertz CT molecular complexity index is 691. The van der Waals surface area contributed by atoms with Crippen LogP contribution in [0.4, 0.5) is 5.69 Å². The maximum atomic E-state index is 12.6. The fourth-order valence-electron chi connectivity index (χ4n) is 3.09. The molecule has 1 aliphatic heterocycles. The molecule has 1 unspecified atom stereocenters. The molecule has 3 rings (SSSR count). The molecule has 2 fully saturated rings. The largest absolute Gasteiger partial charge is 0.326 e. The summed E-state index contributed by atoms with van der Waals surface area (Å²) in [5.74, 6) is 0.238. The van der Waals surface area contributed by atoms with Gasteiger partial charge in [0.1, 0.15) is 0 Å². The van der Waals surface area contributed by atoms with Gasteiger partial charge in [-0.05, 0) is 50.3 Å². The van der Waals surface area contributed by atoms with Crippen molar-refractivity contribution in [1.82, 2.24) is 9.03 Å². The predicted octanol–water partition coefficient (Wildman–Crippen LogP) is 2.81. The summed E-state index contributed by atoms with van der Waals surface area (Å²) in [5, 5.41) is 2.89.